The zero-order valence-corrected chi connectivity index (χ0v) is 25.7. The van der Waals surface area contributed by atoms with Gasteiger partial charge in [0.25, 0.3) is 0 Å². The number of benzene rings is 2. The molecule has 5 aromatic rings. The molecule has 2 aromatic carbocycles. The molecule has 0 spiro atoms. The number of nitrogens with one attached hydrogen (secondary N) is 2. The Bertz CT molecular complexity index is 1760. The number of H-pyrrole nitrogens is 1. The zero-order valence-electron chi connectivity index (χ0n) is 25.7. The molecule has 5 heterocycles. The van der Waals surface area contributed by atoms with Crippen molar-refractivity contribution in [3.63, 3.8) is 0 Å². The van der Waals surface area contributed by atoms with E-state index in [0.717, 1.165) is 116 Å². The lowest BCUT2D eigenvalue weighted by Crippen LogP contribution is -2.46. The van der Waals surface area contributed by atoms with Crippen LogP contribution in [0.1, 0.15) is 18.4 Å². The Hall–Kier alpha value is -4.51. The lowest BCUT2D eigenvalue weighted by molar-refractivity contribution is 0.108. The van der Waals surface area contributed by atoms with Crippen LogP contribution in [0, 0.1) is 0 Å². The van der Waals surface area contributed by atoms with E-state index in [0.29, 0.717) is 0 Å². The number of β-amino-alcohol motifs (C(OH)–C–C–N with tert-alkyl or cyclic N) is 1. The molecule has 0 saturated carbocycles. The van der Waals surface area contributed by atoms with Crippen LogP contribution in [0.3, 0.4) is 0 Å². The normalized spacial score (nSPS) is 16.1. The fraction of sp³-hybridized carbons (Fsp3) is 0.343. The van der Waals surface area contributed by atoms with Crippen molar-refractivity contribution in [2.75, 3.05) is 57.7 Å². The maximum Gasteiger partial charge on any atom is 0.321 e. The Kier molecular flexibility index (Phi) is 8.34. The molecule has 3 aromatic heterocycles. The number of hydrogen-bond acceptors (Lipinski definition) is 6. The van der Waals surface area contributed by atoms with Gasteiger partial charge in [0, 0.05) is 99.7 Å². The van der Waals surface area contributed by atoms with E-state index in [9.17, 15) is 9.90 Å². The number of aromatic amines is 1. The summed E-state index contributed by atoms with van der Waals surface area (Å²) < 4.78 is 1.85. The molecule has 10 heteroatoms. The van der Waals surface area contributed by atoms with E-state index >= 15 is 0 Å². The number of amides is 2. The second-order valence-corrected chi connectivity index (χ2v) is 12.1. The number of nitrogens with zero attached hydrogens (tertiary/aromatic N) is 6. The van der Waals surface area contributed by atoms with Crippen LogP contribution in [0.5, 0.6) is 0 Å². The highest BCUT2D eigenvalue weighted by Gasteiger charge is 2.20. The van der Waals surface area contributed by atoms with Crippen molar-refractivity contribution in [3.8, 4) is 33.6 Å². The SMILES string of the molecule is Cn1cc(-c2ccnc3[nH]c(-c4ccc(CN5CCN(CCO)CC5)cc4)cc23)c(-c2ccc(NC(=O)N3CCCC3)cc2)n1. The van der Waals surface area contributed by atoms with Crippen molar-refractivity contribution < 1.29 is 9.90 Å². The largest absolute Gasteiger partial charge is 0.395 e. The van der Waals surface area contributed by atoms with Crippen molar-refractivity contribution in [3.05, 3.63) is 78.6 Å². The van der Waals surface area contributed by atoms with Gasteiger partial charge in [-0.15, -0.1) is 0 Å². The summed E-state index contributed by atoms with van der Waals surface area (Å²) in [5.74, 6) is 0. The van der Waals surface area contributed by atoms with Gasteiger partial charge in [0.05, 0.1) is 6.61 Å². The number of aromatic nitrogens is 4. The van der Waals surface area contributed by atoms with E-state index < -0.39 is 0 Å². The van der Waals surface area contributed by atoms with Crippen LogP contribution in [-0.4, -0.2) is 98.0 Å². The number of carbonyl (C=O) groups is 1. The molecule has 2 fully saturated rings. The lowest BCUT2D eigenvalue weighted by atomic mass is 10.00. The van der Waals surface area contributed by atoms with Crippen LogP contribution in [0.15, 0.2) is 73.1 Å². The highest BCUT2D eigenvalue weighted by atomic mass is 16.3. The topological polar surface area (TPSA) is 106 Å². The van der Waals surface area contributed by atoms with E-state index in [1.54, 1.807) is 0 Å². The summed E-state index contributed by atoms with van der Waals surface area (Å²) in [6, 6.07) is 20.9. The third kappa shape index (κ3) is 6.35. The molecule has 2 aliphatic rings. The van der Waals surface area contributed by atoms with E-state index in [1.165, 1.54) is 5.56 Å². The minimum atomic E-state index is -0.0378. The van der Waals surface area contributed by atoms with Gasteiger partial charge in [-0.3, -0.25) is 14.5 Å². The molecule has 7 rings (SSSR count). The molecule has 232 valence electrons. The molecule has 0 aliphatic carbocycles. The smallest absolute Gasteiger partial charge is 0.321 e. The second kappa shape index (κ2) is 12.8. The number of pyridine rings is 1. The lowest BCUT2D eigenvalue weighted by Gasteiger charge is -2.34. The van der Waals surface area contributed by atoms with Crippen molar-refractivity contribution in [2.24, 2.45) is 7.05 Å². The first-order chi connectivity index (χ1) is 22.0. The third-order valence-electron chi connectivity index (χ3n) is 9.01. The number of anilines is 1. The summed E-state index contributed by atoms with van der Waals surface area (Å²) in [6.07, 6.45) is 6.03. The Labute approximate surface area is 263 Å². The molecule has 3 N–H and O–H groups in total. The maximum atomic E-state index is 12.5. The standard InChI is InChI=1S/C35H40N8O2/c1-40-24-31(33(39-40)27-8-10-28(11-9-27)37-35(45)43-14-2-3-15-43)29-12-13-36-34-30(29)22-32(38-34)26-6-4-25(5-7-26)23-42-18-16-41(17-19-42)20-21-44/h4-13,22,24,44H,2-3,14-21,23H2,1H3,(H,36,38)(H,37,45). The highest BCUT2D eigenvalue weighted by Crippen LogP contribution is 2.37. The number of hydrogen-bond donors (Lipinski definition) is 3. The average molecular weight is 605 g/mol. The van der Waals surface area contributed by atoms with Crippen molar-refractivity contribution in [2.45, 2.75) is 19.4 Å². The first kappa shape index (κ1) is 29.2. The first-order valence-electron chi connectivity index (χ1n) is 15.9. The molecule has 10 nitrogen and oxygen atoms in total. The quantitative estimate of drug-likeness (QED) is 0.229. The van der Waals surface area contributed by atoms with Gasteiger partial charge < -0.3 is 20.3 Å². The molecule has 2 amide bonds. The molecule has 0 atom stereocenters. The third-order valence-corrected chi connectivity index (χ3v) is 9.01. The summed E-state index contributed by atoms with van der Waals surface area (Å²) in [7, 11) is 1.94. The van der Waals surface area contributed by atoms with Gasteiger partial charge in [0.1, 0.15) is 11.3 Å². The zero-order chi connectivity index (χ0) is 30.8. The number of aryl methyl sites for hydroxylation is 1. The van der Waals surface area contributed by atoms with Gasteiger partial charge in [-0.1, -0.05) is 36.4 Å². The second-order valence-electron chi connectivity index (χ2n) is 12.1. The van der Waals surface area contributed by atoms with Gasteiger partial charge in [-0.25, -0.2) is 9.78 Å². The summed E-state index contributed by atoms with van der Waals surface area (Å²) in [6.45, 7) is 7.61. The minimum absolute atomic E-state index is 0.0378. The molecule has 0 bridgehead atoms. The first-order valence-corrected chi connectivity index (χ1v) is 15.9. The number of piperazine rings is 1. The van der Waals surface area contributed by atoms with Crippen LogP contribution in [0.4, 0.5) is 10.5 Å². The summed E-state index contributed by atoms with van der Waals surface area (Å²) in [5.41, 5.74) is 9.01. The summed E-state index contributed by atoms with van der Waals surface area (Å²) in [5, 5.41) is 18.1. The van der Waals surface area contributed by atoms with Gasteiger partial charge in [-0.05, 0) is 53.8 Å². The Balaban J connectivity index is 1.09. The van der Waals surface area contributed by atoms with Crippen LogP contribution < -0.4 is 5.32 Å². The van der Waals surface area contributed by atoms with Crippen LogP contribution in [-0.2, 0) is 13.6 Å². The summed E-state index contributed by atoms with van der Waals surface area (Å²) in [4.78, 5) is 27.4. The van der Waals surface area contributed by atoms with Crippen LogP contribution in [0.2, 0.25) is 0 Å². The number of aliphatic hydroxyl groups is 1. The van der Waals surface area contributed by atoms with Crippen LogP contribution >= 0.6 is 0 Å². The molecule has 0 unspecified atom stereocenters. The van der Waals surface area contributed by atoms with Crippen molar-refractivity contribution >= 4 is 22.8 Å². The monoisotopic (exact) mass is 604 g/mol. The number of carbonyl (C=O) groups excluding carboxylic acids is 1. The number of fused-ring (bicyclic) bond motifs is 1. The van der Waals surface area contributed by atoms with E-state index in [-0.39, 0.29) is 12.6 Å². The number of aliphatic hydroxyl groups excluding tert-OH is 1. The fourth-order valence-electron chi connectivity index (χ4n) is 6.51. The number of rotatable bonds is 8. The molecule has 0 radical (unpaired) electrons. The van der Waals surface area contributed by atoms with Gasteiger partial charge in [0.15, 0.2) is 0 Å². The molecule has 2 saturated heterocycles. The number of likely N-dealkylation sites (tertiary alicyclic amines) is 1. The predicted molar refractivity (Wildman–Crippen MR) is 178 cm³/mol. The van der Waals surface area contributed by atoms with Crippen molar-refractivity contribution in [1.82, 2.24) is 34.4 Å². The van der Waals surface area contributed by atoms with Gasteiger partial charge in [-0.2, -0.15) is 5.10 Å². The van der Waals surface area contributed by atoms with E-state index in [4.69, 9.17) is 5.10 Å². The Morgan fingerprint density at radius 2 is 1.60 bits per heavy atom. The summed E-state index contributed by atoms with van der Waals surface area (Å²) >= 11 is 0. The van der Waals surface area contributed by atoms with Crippen molar-refractivity contribution in [1.29, 1.82) is 0 Å². The van der Waals surface area contributed by atoms with Gasteiger partial charge in [0.2, 0.25) is 0 Å². The number of urea groups is 1. The molecule has 45 heavy (non-hydrogen) atoms. The highest BCUT2D eigenvalue weighted by molar-refractivity contribution is 5.99. The Morgan fingerprint density at radius 3 is 2.33 bits per heavy atom. The average Bonchev–Trinajstić information content (AvgIpc) is 3.83. The van der Waals surface area contributed by atoms with Gasteiger partial charge >= 0.3 is 6.03 Å². The van der Waals surface area contributed by atoms with E-state index in [1.807, 2.05) is 47.1 Å². The molecular weight excluding hydrogens is 564 g/mol. The fourth-order valence-corrected chi connectivity index (χ4v) is 6.51. The molecule has 2 aliphatic heterocycles. The van der Waals surface area contributed by atoms with E-state index in [2.05, 4.69) is 67.7 Å². The Morgan fingerprint density at radius 1 is 0.889 bits per heavy atom. The molecular formula is C35H40N8O2. The minimum Gasteiger partial charge on any atom is -0.395 e. The predicted octanol–water partition coefficient (Wildman–Crippen LogP) is 5.04. The maximum absolute atomic E-state index is 12.5. The van der Waals surface area contributed by atoms with Crippen LogP contribution in [0.25, 0.3) is 44.7 Å².